The standard InChI is InChI=1S/C22H30O2/c1-13-17-10-14-7-8-15(24-4)11-18(14)21(17)16-6-5-9-22(2,3)19(16)12-20(13)23/h7-8,11,13,17,19-20,23H,5-6,9-10,12H2,1-4H3/t13-,17-,19+,20?/m0/s1. The minimum absolute atomic E-state index is 0.193. The zero-order chi connectivity index (χ0) is 17.1. The summed E-state index contributed by atoms with van der Waals surface area (Å²) in [6.45, 7) is 7.05. The van der Waals surface area contributed by atoms with E-state index in [2.05, 4.69) is 39.0 Å². The van der Waals surface area contributed by atoms with Crippen LogP contribution in [0.1, 0.15) is 57.6 Å². The molecule has 1 N–H and O–H groups in total. The maximum absolute atomic E-state index is 10.9. The summed E-state index contributed by atoms with van der Waals surface area (Å²) < 4.78 is 5.50. The quantitative estimate of drug-likeness (QED) is 0.799. The molecule has 0 radical (unpaired) electrons. The Morgan fingerprint density at radius 2 is 2.04 bits per heavy atom. The lowest BCUT2D eigenvalue weighted by Crippen LogP contribution is -2.33. The number of hydrogen-bond donors (Lipinski definition) is 1. The molecule has 130 valence electrons. The van der Waals surface area contributed by atoms with Crippen LogP contribution in [0.5, 0.6) is 5.75 Å². The van der Waals surface area contributed by atoms with Crippen LogP contribution in [0.4, 0.5) is 0 Å². The normalized spacial score (nSPS) is 34.2. The van der Waals surface area contributed by atoms with Crippen LogP contribution in [-0.2, 0) is 6.42 Å². The number of methoxy groups -OCH3 is 1. The van der Waals surface area contributed by atoms with Gasteiger partial charge in [0.05, 0.1) is 13.2 Å². The van der Waals surface area contributed by atoms with E-state index in [1.165, 1.54) is 30.4 Å². The van der Waals surface area contributed by atoms with Gasteiger partial charge in [-0.3, -0.25) is 0 Å². The van der Waals surface area contributed by atoms with E-state index >= 15 is 0 Å². The molecule has 3 aliphatic rings. The molecule has 24 heavy (non-hydrogen) atoms. The van der Waals surface area contributed by atoms with Crippen molar-refractivity contribution in [3.8, 4) is 5.75 Å². The highest BCUT2D eigenvalue weighted by molar-refractivity contribution is 5.79. The van der Waals surface area contributed by atoms with Crippen molar-refractivity contribution in [1.82, 2.24) is 0 Å². The molecule has 1 aromatic rings. The zero-order valence-corrected chi connectivity index (χ0v) is 15.4. The SMILES string of the molecule is COc1ccc2c(c1)C1=C3CCCC(C)(C)[C@@H]3CC(O)[C@@H](C)[C@@H]1C2. The smallest absolute Gasteiger partial charge is 0.119 e. The molecule has 2 heteroatoms. The molecule has 0 amide bonds. The summed E-state index contributed by atoms with van der Waals surface area (Å²) in [5, 5.41) is 10.9. The predicted octanol–water partition coefficient (Wildman–Crippen LogP) is 4.85. The first-order chi connectivity index (χ1) is 11.4. The second kappa shape index (κ2) is 5.62. The number of ether oxygens (including phenoxy) is 1. The molecule has 1 fully saturated rings. The Kier molecular flexibility index (Phi) is 3.80. The number of fused-ring (bicyclic) bond motifs is 4. The highest BCUT2D eigenvalue weighted by Crippen LogP contribution is 2.56. The van der Waals surface area contributed by atoms with Crippen molar-refractivity contribution < 1.29 is 9.84 Å². The van der Waals surface area contributed by atoms with Gasteiger partial charge in [-0.2, -0.15) is 0 Å². The molecule has 1 aromatic carbocycles. The van der Waals surface area contributed by atoms with Gasteiger partial charge >= 0.3 is 0 Å². The van der Waals surface area contributed by atoms with Crippen LogP contribution >= 0.6 is 0 Å². The van der Waals surface area contributed by atoms with Crippen LogP contribution in [0.25, 0.3) is 5.57 Å². The number of rotatable bonds is 1. The van der Waals surface area contributed by atoms with Crippen molar-refractivity contribution in [2.75, 3.05) is 7.11 Å². The van der Waals surface area contributed by atoms with E-state index in [9.17, 15) is 5.11 Å². The van der Waals surface area contributed by atoms with E-state index in [1.807, 2.05) is 0 Å². The van der Waals surface area contributed by atoms with E-state index in [0.717, 1.165) is 18.6 Å². The fourth-order valence-electron chi connectivity index (χ4n) is 5.57. The second-order valence-electron chi connectivity index (χ2n) is 8.83. The van der Waals surface area contributed by atoms with Crippen molar-refractivity contribution in [1.29, 1.82) is 0 Å². The molecular formula is C22H30O2. The van der Waals surface area contributed by atoms with Gasteiger partial charge in [0.15, 0.2) is 0 Å². The highest BCUT2D eigenvalue weighted by Gasteiger charge is 2.46. The monoisotopic (exact) mass is 326 g/mol. The Labute approximate surface area is 145 Å². The number of hydrogen-bond acceptors (Lipinski definition) is 2. The average Bonchev–Trinajstić information content (AvgIpc) is 2.89. The number of aliphatic hydroxyl groups is 1. The van der Waals surface area contributed by atoms with E-state index in [1.54, 1.807) is 18.3 Å². The lowest BCUT2D eigenvalue weighted by atomic mass is 9.64. The van der Waals surface area contributed by atoms with Crippen molar-refractivity contribution in [2.24, 2.45) is 23.2 Å². The van der Waals surface area contributed by atoms with E-state index in [4.69, 9.17) is 4.74 Å². The van der Waals surface area contributed by atoms with Crippen molar-refractivity contribution in [3.63, 3.8) is 0 Å². The zero-order valence-electron chi connectivity index (χ0n) is 15.4. The molecule has 3 aliphatic carbocycles. The van der Waals surface area contributed by atoms with Crippen molar-refractivity contribution in [2.45, 2.75) is 59.0 Å². The molecule has 1 unspecified atom stereocenters. The summed E-state index contributed by atoms with van der Waals surface area (Å²) in [7, 11) is 1.75. The van der Waals surface area contributed by atoms with Crippen molar-refractivity contribution >= 4 is 5.57 Å². The van der Waals surface area contributed by atoms with Crippen molar-refractivity contribution in [3.05, 3.63) is 34.9 Å². The molecule has 2 nitrogen and oxygen atoms in total. The summed E-state index contributed by atoms with van der Waals surface area (Å²) in [6, 6.07) is 6.55. The number of aliphatic hydroxyl groups excluding tert-OH is 1. The third kappa shape index (κ3) is 2.34. The van der Waals surface area contributed by atoms with Crippen LogP contribution in [0.3, 0.4) is 0 Å². The van der Waals surface area contributed by atoms with Gasteiger partial charge in [0.25, 0.3) is 0 Å². The molecular weight excluding hydrogens is 296 g/mol. The predicted molar refractivity (Wildman–Crippen MR) is 98.0 cm³/mol. The van der Waals surface area contributed by atoms with Crippen LogP contribution in [0.2, 0.25) is 0 Å². The lowest BCUT2D eigenvalue weighted by molar-refractivity contribution is 0.0539. The van der Waals surface area contributed by atoms with E-state index < -0.39 is 0 Å². The molecule has 1 saturated carbocycles. The molecule has 0 spiro atoms. The van der Waals surface area contributed by atoms with Gasteiger partial charge in [0, 0.05) is 0 Å². The third-order valence-electron chi connectivity index (χ3n) is 7.11. The second-order valence-corrected chi connectivity index (χ2v) is 8.83. The Bertz CT molecular complexity index is 685. The fourth-order valence-corrected chi connectivity index (χ4v) is 5.57. The number of benzene rings is 1. The van der Waals surface area contributed by atoms with Crippen LogP contribution < -0.4 is 4.74 Å². The van der Waals surface area contributed by atoms with Gasteiger partial charge < -0.3 is 9.84 Å². The summed E-state index contributed by atoms with van der Waals surface area (Å²) in [6.07, 6.45) is 5.56. The molecule has 0 bridgehead atoms. The third-order valence-corrected chi connectivity index (χ3v) is 7.11. The van der Waals surface area contributed by atoms with Gasteiger partial charge in [-0.05, 0) is 84.1 Å². The topological polar surface area (TPSA) is 29.5 Å². The first-order valence-electron chi connectivity index (χ1n) is 9.50. The first kappa shape index (κ1) is 16.2. The van der Waals surface area contributed by atoms with Crippen LogP contribution in [-0.4, -0.2) is 18.3 Å². The molecule has 0 aromatic heterocycles. The summed E-state index contributed by atoms with van der Waals surface area (Å²) >= 11 is 0. The molecule has 4 atom stereocenters. The van der Waals surface area contributed by atoms with Gasteiger partial charge in [-0.1, -0.05) is 32.4 Å². The maximum Gasteiger partial charge on any atom is 0.119 e. The van der Waals surface area contributed by atoms with Gasteiger partial charge in [0.1, 0.15) is 5.75 Å². The van der Waals surface area contributed by atoms with E-state index in [-0.39, 0.29) is 11.5 Å². The largest absolute Gasteiger partial charge is 0.497 e. The van der Waals surface area contributed by atoms with Crippen LogP contribution in [0, 0.1) is 23.2 Å². The van der Waals surface area contributed by atoms with E-state index in [0.29, 0.717) is 17.8 Å². The fraction of sp³-hybridized carbons (Fsp3) is 0.636. The Balaban J connectivity index is 1.92. The van der Waals surface area contributed by atoms with Crippen LogP contribution in [0.15, 0.2) is 23.8 Å². The first-order valence-corrected chi connectivity index (χ1v) is 9.50. The maximum atomic E-state index is 10.9. The molecule has 0 heterocycles. The molecule has 4 rings (SSSR count). The lowest BCUT2D eigenvalue weighted by Gasteiger charge is -2.41. The number of allylic oxidation sites excluding steroid dienone is 2. The van der Waals surface area contributed by atoms with Gasteiger partial charge in [-0.15, -0.1) is 0 Å². The minimum Gasteiger partial charge on any atom is -0.497 e. The summed E-state index contributed by atoms with van der Waals surface area (Å²) in [4.78, 5) is 0. The highest BCUT2D eigenvalue weighted by atomic mass is 16.5. The average molecular weight is 326 g/mol. The molecule has 0 aliphatic heterocycles. The summed E-state index contributed by atoms with van der Waals surface area (Å²) in [5.74, 6) is 2.26. The Hall–Kier alpha value is -1.28. The van der Waals surface area contributed by atoms with Gasteiger partial charge in [-0.25, -0.2) is 0 Å². The summed E-state index contributed by atoms with van der Waals surface area (Å²) in [5.41, 5.74) is 6.33. The van der Waals surface area contributed by atoms with Gasteiger partial charge in [0.2, 0.25) is 0 Å². The molecule has 0 saturated heterocycles. The minimum atomic E-state index is -0.193. The Morgan fingerprint density at radius 1 is 1.25 bits per heavy atom. The Morgan fingerprint density at radius 3 is 2.79 bits per heavy atom.